The fourth-order valence-corrected chi connectivity index (χ4v) is 1.63. The van der Waals surface area contributed by atoms with Gasteiger partial charge in [-0.1, -0.05) is 33.8 Å². The number of nitrogens with one attached hydrogen (secondary N) is 1. The van der Waals surface area contributed by atoms with E-state index in [-0.39, 0.29) is 5.41 Å². The van der Waals surface area contributed by atoms with E-state index in [2.05, 4.69) is 33.0 Å². The predicted octanol–water partition coefficient (Wildman–Crippen LogP) is 4.62. The van der Waals surface area contributed by atoms with Crippen LogP contribution in [0, 0.1) is 17.2 Å². The molecule has 20 heavy (non-hydrogen) atoms. The van der Waals surface area contributed by atoms with Gasteiger partial charge in [0.2, 0.25) is 0 Å². The largest absolute Gasteiger partial charge is 0.419 e. The number of rotatable bonds is 5. The van der Waals surface area contributed by atoms with Crippen molar-refractivity contribution in [1.29, 1.82) is 0 Å². The lowest BCUT2D eigenvalue weighted by molar-refractivity contribution is -0.140. The van der Waals surface area contributed by atoms with Gasteiger partial charge < -0.3 is 5.32 Å². The van der Waals surface area contributed by atoms with Gasteiger partial charge in [-0.2, -0.15) is 13.2 Å². The fourth-order valence-electron chi connectivity index (χ4n) is 1.63. The molecule has 0 atom stereocenters. The third kappa shape index (κ3) is 4.47. The number of halogens is 4. The normalized spacial score (nSPS) is 13.1. The van der Waals surface area contributed by atoms with E-state index in [1.165, 1.54) is 6.07 Å². The van der Waals surface area contributed by atoms with Gasteiger partial charge in [0.05, 0.1) is 5.56 Å². The fraction of sp³-hybridized carbons (Fsp3) is 0.600. The minimum Gasteiger partial charge on any atom is -0.312 e. The van der Waals surface area contributed by atoms with Gasteiger partial charge in [-0.3, -0.25) is 0 Å². The van der Waals surface area contributed by atoms with Gasteiger partial charge in [0, 0.05) is 13.1 Å². The first-order valence-electron chi connectivity index (χ1n) is 6.60. The van der Waals surface area contributed by atoms with E-state index in [0.717, 1.165) is 12.1 Å². The van der Waals surface area contributed by atoms with Crippen molar-refractivity contribution in [2.45, 2.75) is 40.4 Å². The van der Waals surface area contributed by atoms with Crippen molar-refractivity contribution < 1.29 is 17.6 Å². The van der Waals surface area contributed by atoms with Crippen LogP contribution in [0.15, 0.2) is 18.2 Å². The molecule has 0 aliphatic carbocycles. The first-order chi connectivity index (χ1) is 9.04. The highest BCUT2D eigenvalue weighted by Crippen LogP contribution is 2.32. The summed E-state index contributed by atoms with van der Waals surface area (Å²) in [4.78, 5) is 0. The van der Waals surface area contributed by atoms with Gasteiger partial charge in [-0.25, -0.2) is 4.39 Å². The van der Waals surface area contributed by atoms with Crippen LogP contribution in [0.25, 0.3) is 0 Å². The average Bonchev–Trinajstić information content (AvgIpc) is 2.29. The SMILES string of the molecule is CC(C)C(C)(C)CNCc1ccc(F)c(C(F)(F)F)c1. The molecule has 0 heterocycles. The molecule has 0 unspecified atom stereocenters. The number of benzene rings is 1. The number of hydrogen-bond donors (Lipinski definition) is 1. The predicted molar refractivity (Wildman–Crippen MR) is 71.7 cm³/mol. The second-order valence-electron chi connectivity index (χ2n) is 6.06. The standard InChI is InChI=1S/C15H21F4N/c1-10(2)14(3,4)9-20-8-11-5-6-13(16)12(7-11)15(17,18)19/h5-7,10,20H,8-9H2,1-4H3. The highest BCUT2D eigenvalue weighted by molar-refractivity contribution is 5.27. The van der Waals surface area contributed by atoms with Gasteiger partial charge in [0.25, 0.3) is 0 Å². The van der Waals surface area contributed by atoms with E-state index in [1.807, 2.05) is 0 Å². The van der Waals surface area contributed by atoms with Gasteiger partial charge in [-0.15, -0.1) is 0 Å². The lowest BCUT2D eigenvalue weighted by Gasteiger charge is -2.29. The monoisotopic (exact) mass is 291 g/mol. The van der Waals surface area contributed by atoms with Crippen molar-refractivity contribution in [2.75, 3.05) is 6.54 Å². The summed E-state index contributed by atoms with van der Waals surface area (Å²) in [7, 11) is 0. The molecule has 0 fully saturated rings. The van der Waals surface area contributed by atoms with Gasteiger partial charge in [-0.05, 0) is 29.0 Å². The van der Waals surface area contributed by atoms with Crippen molar-refractivity contribution in [3.05, 3.63) is 35.1 Å². The topological polar surface area (TPSA) is 12.0 Å². The van der Waals surface area contributed by atoms with Crippen LogP contribution in [0.3, 0.4) is 0 Å². The van der Waals surface area contributed by atoms with Crippen molar-refractivity contribution in [3.8, 4) is 0 Å². The molecule has 0 aliphatic rings. The van der Waals surface area contributed by atoms with Crippen LogP contribution in [0.2, 0.25) is 0 Å². The Hall–Kier alpha value is -1.10. The third-order valence-electron chi connectivity index (χ3n) is 3.81. The Morgan fingerprint density at radius 2 is 1.75 bits per heavy atom. The molecule has 5 heteroatoms. The van der Waals surface area contributed by atoms with Crippen molar-refractivity contribution in [2.24, 2.45) is 11.3 Å². The molecular weight excluding hydrogens is 270 g/mol. The van der Waals surface area contributed by atoms with Crippen LogP contribution in [-0.4, -0.2) is 6.54 Å². The Kier molecular flexibility index (Phi) is 5.19. The molecule has 1 aromatic carbocycles. The molecule has 1 rings (SSSR count). The molecule has 1 aromatic rings. The summed E-state index contributed by atoms with van der Waals surface area (Å²) >= 11 is 0. The Morgan fingerprint density at radius 3 is 2.25 bits per heavy atom. The lowest BCUT2D eigenvalue weighted by Crippen LogP contribution is -2.33. The first-order valence-corrected chi connectivity index (χ1v) is 6.60. The van der Waals surface area contributed by atoms with E-state index >= 15 is 0 Å². The van der Waals surface area contributed by atoms with E-state index in [1.54, 1.807) is 0 Å². The summed E-state index contributed by atoms with van der Waals surface area (Å²) in [5.74, 6) is -0.780. The minimum absolute atomic E-state index is 0.0485. The maximum absolute atomic E-state index is 13.1. The van der Waals surface area contributed by atoms with Crippen LogP contribution >= 0.6 is 0 Å². The molecule has 0 aromatic heterocycles. The van der Waals surface area contributed by atoms with Crippen LogP contribution in [-0.2, 0) is 12.7 Å². The summed E-state index contributed by atoms with van der Waals surface area (Å²) < 4.78 is 50.9. The summed E-state index contributed by atoms with van der Waals surface area (Å²) in [6, 6.07) is 3.11. The van der Waals surface area contributed by atoms with Gasteiger partial charge in [0.15, 0.2) is 0 Å². The summed E-state index contributed by atoms with van der Waals surface area (Å²) in [6.45, 7) is 9.36. The molecule has 114 valence electrons. The Morgan fingerprint density at radius 1 is 1.15 bits per heavy atom. The van der Waals surface area contributed by atoms with Crippen LogP contribution in [0.1, 0.15) is 38.8 Å². The molecule has 0 radical (unpaired) electrons. The van der Waals surface area contributed by atoms with E-state index < -0.39 is 17.6 Å². The quantitative estimate of drug-likeness (QED) is 0.781. The first kappa shape index (κ1) is 17.0. The highest BCUT2D eigenvalue weighted by atomic mass is 19.4. The molecule has 0 saturated carbocycles. The summed E-state index contributed by atoms with van der Waals surface area (Å²) in [5.41, 5.74) is -0.731. The zero-order valence-corrected chi connectivity index (χ0v) is 12.2. The summed E-state index contributed by atoms with van der Waals surface area (Å²) in [6.07, 6.45) is -4.66. The molecule has 0 saturated heterocycles. The van der Waals surface area contributed by atoms with Gasteiger partial charge in [0.1, 0.15) is 5.82 Å². The summed E-state index contributed by atoms with van der Waals surface area (Å²) in [5, 5.41) is 3.13. The highest BCUT2D eigenvalue weighted by Gasteiger charge is 2.34. The van der Waals surface area contributed by atoms with E-state index in [0.29, 0.717) is 24.6 Å². The molecule has 1 nitrogen and oxygen atoms in total. The maximum atomic E-state index is 13.1. The average molecular weight is 291 g/mol. The lowest BCUT2D eigenvalue weighted by atomic mass is 9.81. The third-order valence-corrected chi connectivity index (χ3v) is 3.81. The molecule has 0 bridgehead atoms. The zero-order chi connectivity index (χ0) is 15.6. The molecule has 0 aliphatic heterocycles. The Labute approximate surface area is 117 Å². The van der Waals surface area contributed by atoms with Gasteiger partial charge >= 0.3 is 6.18 Å². The van der Waals surface area contributed by atoms with Crippen LogP contribution in [0.5, 0.6) is 0 Å². The van der Waals surface area contributed by atoms with Crippen molar-refractivity contribution in [1.82, 2.24) is 5.32 Å². The van der Waals surface area contributed by atoms with E-state index in [9.17, 15) is 17.6 Å². The maximum Gasteiger partial charge on any atom is 0.419 e. The molecule has 1 N–H and O–H groups in total. The molecule has 0 spiro atoms. The second-order valence-corrected chi connectivity index (χ2v) is 6.06. The second kappa shape index (κ2) is 6.12. The van der Waals surface area contributed by atoms with E-state index in [4.69, 9.17) is 0 Å². The minimum atomic E-state index is -4.66. The number of hydrogen-bond acceptors (Lipinski definition) is 1. The van der Waals surface area contributed by atoms with Crippen molar-refractivity contribution >= 4 is 0 Å². The smallest absolute Gasteiger partial charge is 0.312 e. The molecule has 0 amide bonds. The number of alkyl halides is 3. The van der Waals surface area contributed by atoms with Crippen LogP contribution in [0.4, 0.5) is 17.6 Å². The molecular formula is C15H21F4N. The zero-order valence-electron chi connectivity index (χ0n) is 12.2. The Bertz CT molecular complexity index is 450. The Balaban J connectivity index is 2.71. The van der Waals surface area contributed by atoms with Crippen molar-refractivity contribution in [3.63, 3.8) is 0 Å². The van der Waals surface area contributed by atoms with Crippen LogP contribution < -0.4 is 5.32 Å².